The second kappa shape index (κ2) is 3.85. The van der Waals surface area contributed by atoms with Gasteiger partial charge in [-0.15, -0.1) is 0 Å². The minimum absolute atomic E-state index is 0.288. The van der Waals surface area contributed by atoms with Crippen molar-refractivity contribution in [2.75, 3.05) is 27.2 Å². The van der Waals surface area contributed by atoms with Gasteiger partial charge in [0.25, 0.3) is 0 Å². The fourth-order valence-corrected chi connectivity index (χ4v) is 2.58. The fraction of sp³-hybridized carbons (Fsp3) is 0.875. The van der Waals surface area contributed by atoms with Gasteiger partial charge in [0.15, 0.2) is 5.25 Å². The maximum atomic E-state index is 11.6. The molecular formula is C8H15N3O2S. The number of hydrogen-bond acceptors (Lipinski definition) is 4. The molecule has 0 spiro atoms. The molecule has 6 heteroatoms. The Kier molecular flexibility index (Phi) is 3.14. The number of likely N-dealkylation sites (N-methyl/N-ethyl adjacent to an activating group) is 1. The summed E-state index contributed by atoms with van der Waals surface area (Å²) in [5, 5.41) is 7.61. The van der Waals surface area contributed by atoms with Gasteiger partial charge in [-0.05, 0) is 21.0 Å². The zero-order valence-electron chi connectivity index (χ0n) is 8.64. The van der Waals surface area contributed by atoms with Crippen LogP contribution in [0.2, 0.25) is 0 Å². The van der Waals surface area contributed by atoms with E-state index in [1.54, 1.807) is 6.07 Å². The lowest BCUT2D eigenvalue weighted by Crippen LogP contribution is -2.60. The molecule has 80 valence electrons. The first-order chi connectivity index (χ1) is 6.39. The van der Waals surface area contributed by atoms with Crippen LogP contribution >= 0.6 is 0 Å². The molecule has 0 N–H and O–H groups in total. The molecule has 0 saturated carbocycles. The Labute approximate surface area is 85.0 Å². The van der Waals surface area contributed by atoms with Crippen LogP contribution in [0.3, 0.4) is 0 Å². The highest BCUT2D eigenvalue weighted by atomic mass is 32.2. The number of nitriles is 1. The van der Waals surface area contributed by atoms with Crippen LogP contribution in [0.4, 0.5) is 0 Å². The van der Waals surface area contributed by atoms with Gasteiger partial charge >= 0.3 is 0 Å². The zero-order valence-corrected chi connectivity index (χ0v) is 9.45. The summed E-state index contributed by atoms with van der Waals surface area (Å²) in [5.74, 6) is 0. The zero-order chi connectivity index (χ0) is 10.9. The molecule has 1 saturated heterocycles. The summed E-state index contributed by atoms with van der Waals surface area (Å²) in [4.78, 5) is 1.99. The summed E-state index contributed by atoms with van der Waals surface area (Å²) < 4.78 is 24.6. The van der Waals surface area contributed by atoms with Crippen LogP contribution in [0.1, 0.15) is 6.92 Å². The second-order valence-corrected chi connectivity index (χ2v) is 6.00. The molecule has 0 radical (unpaired) electrons. The quantitative estimate of drug-likeness (QED) is 0.637. The van der Waals surface area contributed by atoms with Gasteiger partial charge in [-0.25, -0.2) is 8.42 Å². The molecule has 0 aromatic heterocycles. The molecular weight excluding hydrogens is 202 g/mol. The van der Waals surface area contributed by atoms with Crippen LogP contribution in [0, 0.1) is 11.3 Å². The molecule has 1 rings (SSSR count). The highest BCUT2D eigenvalue weighted by Gasteiger charge is 2.39. The Hall–Kier alpha value is -0.640. The lowest BCUT2D eigenvalue weighted by atomic mass is 10.2. The summed E-state index contributed by atoms with van der Waals surface area (Å²) in [5.41, 5.74) is 0. The fourth-order valence-electron chi connectivity index (χ4n) is 1.24. The van der Waals surface area contributed by atoms with Crippen molar-refractivity contribution in [2.24, 2.45) is 0 Å². The minimum atomic E-state index is -3.37. The van der Waals surface area contributed by atoms with Gasteiger partial charge in [-0.1, -0.05) is 0 Å². The number of rotatable bonds is 3. The van der Waals surface area contributed by atoms with Crippen molar-refractivity contribution in [2.45, 2.75) is 18.2 Å². The number of sulfonamides is 1. The van der Waals surface area contributed by atoms with E-state index in [4.69, 9.17) is 5.26 Å². The molecule has 1 atom stereocenters. The first-order valence-corrected chi connectivity index (χ1v) is 5.95. The Morgan fingerprint density at radius 1 is 1.50 bits per heavy atom. The van der Waals surface area contributed by atoms with Crippen LogP contribution in [0.25, 0.3) is 0 Å². The van der Waals surface area contributed by atoms with Crippen molar-refractivity contribution in [3.63, 3.8) is 0 Å². The summed E-state index contributed by atoms with van der Waals surface area (Å²) in [6, 6.07) is 2.04. The van der Waals surface area contributed by atoms with Crippen LogP contribution in [-0.4, -0.2) is 56.1 Å². The van der Waals surface area contributed by atoms with E-state index in [-0.39, 0.29) is 6.04 Å². The normalized spacial score (nSPS) is 21.6. The first kappa shape index (κ1) is 11.4. The minimum Gasteiger partial charge on any atom is -0.304 e. The van der Waals surface area contributed by atoms with Gasteiger partial charge in [0.1, 0.15) is 0 Å². The Morgan fingerprint density at radius 3 is 2.36 bits per heavy atom. The third-order valence-corrected chi connectivity index (χ3v) is 4.56. The highest BCUT2D eigenvalue weighted by Crippen LogP contribution is 2.19. The summed E-state index contributed by atoms with van der Waals surface area (Å²) in [6.07, 6.45) is 0. The van der Waals surface area contributed by atoms with Gasteiger partial charge in [-0.2, -0.15) is 9.57 Å². The van der Waals surface area contributed by atoms with Crippen molar-refractivity contribution >= 4 is 10.0 Å². The maximum absolute atomic E-state index is 11.6. The van der Waals surface area contributed by atoms with Crippen molar-refractivity contribution < 1.29 is 8.42 Å². The van der Waals surface area contributed by atoms with Gasteiger partial charge in [0.05, 0.1) is 6.07 Å². The second-order valence-electron chi connectivity index (χ2n) is 3.75. The molecule has 1 fully saturated rings. The number of nitrogens with zero attached hydrogens (tertiary/aromatic N) is 3. The largest absolute Gasteiger partial charge is 0.304 e. The average molecular weight is 217 g/mol. The van der Waals surface area contributed by atoms with E-state index in [1.807, 2.05) is 19.0 Å². The Bertz CT molecular complexity index is 338. The highest BCUT2D eigenvalue weighted by molar-refractivity contribution is 7.90. The molecule has 1 heterocycles. The Morgan fingerprint density at radius 2 is 2.00 bits per heavy atom. The van der Waals surface area contributed by atoms with E-state index < -0.39 is 15.3 Å². The molecule has 1 aliphatic rings. The van der Waals surface area contributed by atoms with Crippen molar-refractivity contribution in [3.8, 4) is 6.07 Å². The van der Waals surface area contributed by atoms with Crippen molar-refractivity contribution in [1.82, 2.24) is 9.21 Å². The van der Waals surface area contributed by atoms with E-state index in [9.17, 15) is 8.42 Å². The molecule has 14 heavy (non-hydrogen) atoms. The molecule has 1 aliphatic heterocycles. The third-order valence-electron chi connectivity index (χ3n) is 2.55. The van der Waals surface area contributed by atoms with Crippen molar-refractivity contribution in [3.05, 3.63) is 0 Å². The van der Waals surface area contributed by atoms with Crippen molar-refractivity contribution in [1.29, 1.82) is 5.26 Å². The van der Waals surface area contributed by atoms with E-state index in [0.29, 0.717) is 13.1 Å². The van der Waals surface area contributed by atoms with E-state index >= 15 is 0 Å². The summed E-state index contributed by atoms with van der Waals surface area (Å²) in [7, 11) is 0.465. The molecule has 0 aromatic rings. The van der Waals surface area contributed by atoms with Gasteiger partial charge in [0.2, 0.25) is 10.0 Å². The van der Waals surface area contributed by atoms with Crippen LogP contribution in [0.5, 0.6) is 0 Å². The lowest BCUT2D eigenvalue weighted by Gasteiger charge is -2.41. The smallest absolute Gasteiger partial charge is 0.230 e. The van der Waals surface area contributed by atoms with Crippen LogP contribution < -0.4 is 0 Å². The van der Waals surface area contributed by atoms with Crippen LogP contribution in [-0.2, 0) is 10.0 Å². The Balaban J connectivity index is 2.60. The predicted octanol–water partition coefficient (Wildman–Crippen LogP) is -0.526. The average Bonchev–Trinajstić information content (AvgIpc) is 1.98. The molecule has 5 nitrogen and oxygen atoms in total. The topological polar surface area (TPSA) is 64.4 Å². The van der Waals surface area contributed by atoms with Gasteiger partial charge in [-0.3, -0.25) is 0 Å². The van der Waals surface area contributed by atoms with E-state index in [1.165, 1.54) is 11.2 Å². The number of hydrogen-bond donors (Lipinski definition) is 0. The lowest BCUT2D eigenvalue weighted by molar-refractivity contribution is 0.133. The maximum Gasteiger partial charge on any atom is 0.230 e. The standard InChI is InChI=1S/C8H15N3O2S/c1-7(4-9)14(12,13)11-5-8(6-11)10(2)3/h7-8H,5-6H2,1-3H3. The van der Waals surface area contributed by atoms with E-state index in [2.05, 4.69) is 0 Å². The predicted molar refractivity (Wildman–Crippen MR) is 53.0 cm³/mol. The summed E-state index contributed by atoms with van der Waals surface area (Å²) >= 11 is 0. The monoisotopic (exact) mass is 217 g/mol. The third kappa shape index (κ3) is 1.90. The molecule has 0 amide bonds. The molecule has 0 bridgehead atoms. The SMILES string of the molecule is CC(C#N)S(=O)(=O)N1CC(N(C)C)C1. The van der Waals surface area contributed by atoms with Gasteiger partial charge in [0, 0.05) is 19.1 Å². The van der Waals surface area contributed by atoms with Gasteiger partial charge < -0.3 is 4.90 Å². The first-order valence-electron chi connectivity index (χ1n) is 4.44. The van der Waals surface area contributed by atoms with Crippen LogP contribution in [0.15, 0.2) is 0 Å². The molecule has 0 aromatic carbocycles. The molecule has 1 unspecified atom stereocenters. The molecule has 0 aliphatic carbocycles. The van der Waals surface area contributed by atoms with E-state index in [0.717, 1.165) is 0 Å². The summed E-state index contributed by atoms with van der Waals surface area (Å²) in [6.45, 7) is 2.42.